The van der Waals surface area contributed by atoms with Gasteiger partial charge in [0.25, 0.3) is 5.91 Å². The van der Waals surface area contributed by atoms with Crippen LogP contribution in [0.25, 0.3) is 0 Å². The molecular weight excluding hydrogens is 324 g/mol. The zero-order chi connectivity index (χ0) is 18.9. The molecule has 0 saturated carbocycles. The van der Waals surface area contributed by atoms with Gasteiger partial charge in [0.1, 0.15) is 5.60 Å². The summed E-state index contributed by atoms with van der Waals surface area (Å²) in [6.07, 6.45) is 0.229. The first-order chi connectivity index (χ1) is 11.9. The van der Waals surface area contributed by atoms with Crippen LogP contribution in [0.5, 0.6) is 0 Å². The highest BCUT2D eigenvalue weighted by atomic mass is 16.5. The van der Waals surface area contributed by atoms with E-state index in [2.05, 4.69) is 5.43 Å². The van der Waals surface area contributed by atoms with Gasteiger partial charge in [-0.3, -0.25) is 19.8 Å². The molecule has 7 heteroatoms. The van der Waals surface area contributed by atoms with Crippen LogP contribution in [0, 0.1) is 0 Å². The van der Waals surface area contributed by atoms with Crippen LogP contribution < -0.4 is 10.4 Å². The van der Waals surface area contributed by atoms with E-state index >= 15 is 0 Å². The lowest BCUT2D eigenvalue weighted by Crippen LogP contribution is -2.55. The smallest absolute Gasteiger partial charge is 0.306 e. The number of para-hydroxylation sites is 1. The predicted octanol–water partition coefficient (Wildman–Crippen LogP) is 1.95. The van der Waals surface area contributed by atoms with Crippen LogP contribution in [0.15, 0.2) is 30.3 Å². The minimum Gasteiger partial charge on any atom is -0.466 e. The predicted molar refractivity (Wildman–Crippen MR) is 93.5 cm³/mol. The van der Waals surface area contributed by atoms with Crippen molar-refractivity contribution < 1.29 is 24.2 Å². The highest BCUT2D eigenvalue weighted by Gasteiger charge is 2.34. The van der Waals surface area contributed by atoms with Crippen molar-refractivity contribution in [1.82, 2.24) is 5.43 Å². The first-order valence-corrected chi connectivity index (χ1v) is 8.45. The Kier molecular flexibility index (Phi) is 8.07. The number of benzene rings is 1. The Hall–Kier alpha value is -2.41. The number of ether oxygens (including phenoxy) is 1. The molecule has 0 atom stereocenters. The van der Waals surface area contributed by atoms with Crippen LogP contribution in [0.2, 0.25) is 0 Å². The maximum atomic E-state index is 12.5. The summed E-state index contributed by atoms with van der Waals surface area (Å²) in [5, 5.41) is 11.4. The number of hydrogen-bond acceptors (Lipinski definition) is 5. The first-order valence-electron chi connectivity index (χ1n) is 8.45. The molecule has 1 aromatic carbocycles. The highest BCUT2D eigenvalue weighted by molar-refractivity contribution is 5.99. The molecule has 138 valence electrons. The number of nitrogens with zero attached hydrogens (tertiary/aromatic N) is 1. The fraction of sp³-hybridized carbons (Fsp3) is 0.500. The van der Waals surface area contributed by atoms with E-state index < -0.39 is 23.4 Å². The molecule has 0 bridgehead atoms. The van der Waals surface area contributed by atoms with E-state index in [-0.39, 0.29) is 32.3 Å². The number of hydrogen-bond donors (Lipinski definition) is 2. The van der Waals surface area contributed by atoms with Crippen molar-refractivity contribution in [2.75, 3.05) is 11.6 Å². The van der Waals surface area contributed by atoms with E-state index in [0.29, 0.717) is 5.69 Å². The van der Waals surface area contributed by atoms with Gasteiger partial charge in [0.15, 0.2) is 0 Å². The number of nitrogens with one attached hydrogen (secondary N) is 1. The Morgan fingerprint density at radius 1 is 1.08 bits per heavy atom. The minimum atomic E-state index is -1.56. The quantitative estimate of drug-likeness (QED) is 0.552. The molecule has 2 N–H and O–H groups in total. The van der Waals surface area contributed by atoms with Crippen LogP contribution >= 0.6 is 0 Å². The summed E-state index contributed by atoms with van der Waals surface area (Å²) in [5.74, 6) is -1.61. The monoisotopic (exact) mass is 350 g/mol. The van der Waals surface area contributed by atoms with Gasteiger partial charge in [0.2, 0.25) is 5.91 Å². The lowest BCUT2D eigenvalue weighted by atomic mass is 9.97. The lowest BCUT2D eigenvalue weighted by molar-refractivity contribution is -0.144. The zero-order valence-electron chi connectivity index (χ0n) is 14.9. The Bertz CT molecular complexity index is 584. The topological polar surface area (TPSA) is 95.9 Å². The molecule has 0 aromatic heterocycles. The first kappa shape index (κ1) is 20.6. The van der Waals surface area contributed by atoms with E-state index in [9.17, 15) is 19.5 Å². The molecule has 0 aliphatic heterocycles. The van der Waals surface area contributed by atoms with Gasteiger partial charge < -0.3 is 9.84 Å². The normalized spacial score (nSPS) is 10.9. The standard InChI is InChI=1S/C18H26N2O5/c1-4-18(24,5-2)17(23)19-20(14-10-8-7-9-11-14)15(21)12-13-16(22)25-6-3/h7-11,24H,4-6,12-13H2,1-3H3,(H,19,23). The summed E-state index contributed by atoms with van der Waals surface area (Å²) in [6, 6.07) is 8.53. The molecule has 1 aromatic rings. The number of rotatable bonds is 8. The molecule has 0 aliphatic carbocycles. The molecule has 0 unspecified atom stereocenters. The second-order valence-electron chi connectivity index (χ2n) is 5.55. The van der Waals surface area contributed by atoms with Crippen molar-refractivity contribution in [2.24, 2.45) is 0 Å². The summed E-state index contributed by atoms with van der Waals surface area (Å²) >= 11 is 0. The fourth-order valence-corrected chi connectivity index (χ4v) is 2.18. The summed E-state index contributed by atoms with van der Waals surface area (Å²) in [5.41, 5.74) is 1.36. The van der Waals surface area contributed by atoms with Crippen LogP contribution in [0.3, 0.4) is 0 Å². The van der Waals surface area contributed by atoms with E-state index in [1.54, 1.807) is 51.1 Å². The number of hydrazine groups is 1. The van der Waals surface area contributed by atoms with E-state index in [4.69, 9.17) is 4.74 Å². The van der Waals surface area contributed by atoms with Gasteiger partial charge in [0, 0.05) is 6.42 Å². The van der Waals surface area contributed by atoms with Crippen molar-refractivity contribution in [1.29, 1.82) is 0 Å². The van der Waals surface area contributed by atoms with Crippen LogP contribution in [-0.4, -0.2) is 35.1 Å². The van der Waals surface area contributed by atoms with Gasteiger partial charge in [-0.2, -0.15) is 0 Å². The fourth-order valence-electron chi connectivity index (χ4n) is 2.18. The van der Waals surface area contributed by atoms with Crippen molar-refractivity contribution in [3.8, 4) is 0 Å². The maximum absolute atomic E-state index is 12.5. The second kappa shape index (κ2) is 9.78. The van der Waals surface area contributed by atoms with Crippen molar-refractivity contribution in [3.63, 3.8) is 0 Å². The van der Waals surface area contributed by atoms with Crippen LogP contribution in [0.1, 0.15) is 46.5 Å². The third-order valence-corrected chi connectivity index (χ3v) is 3.92. The number of esters is 1. The molecular formula is C18H26N2O5. The largest absolute Gasteiger partial charge is 0.466 e. The Morgan fingerprint density at radius 2 is 1.68 bits per heavy atom. The number of anilines is 1. The van der Waals surface area contributed by atoms with E-state index in [1.165, 1.54) is 0 Å². The number of aliphatic hydroxyl groups is 1. The van der Waals surface area contributed by atoms with Gasteiger partial charge >= 0.3 is 5.97 Å². The third-order valence-electron chi connectivity index (χ3n) is 3.92. The summed E-state index contributed by atoms with van der Waals surface area (Å²) in [4.78, 5) is 36.4. The number of amides is 2. The Balaban J connectivity index is 2.93. The van der Waals surface area contributed by atoms with Gasteiger partial charge in [0.05, 0.1) is 18.7 Å². The minimum absolute atomic E-state index is 0.0856. The van der Waals surface area contributed by atoms with Gasteiger partial charge in [-0.15, -0.1) is 0 Å². The second-order valence-corrected chi connectivity index (χ2v) is 5.55. The summed E-state index contributed by atoms with van der Waals surface area (Å²) < 4.78 is 4.81. The van der Waals surface area contributed by atoms with Crippen molar-refractivity contribution in [3.05, 3.63) is 30.3 Å². The van der Waals surface area contributed by atoms with Crippen LogP contribution in [0.4, 0.5) is 5.69 Å². The molecule has 0 radical (unpaired) electrons. The Labute approximate surface area is 147 Å². The van der Waals surface area contributed by atoms with Gasteiger partial charge in [-0.05, 0) is 31.9 Å². The van der Waals surface area contributed by atoms with Crippen molar-refractivity contribution >= 4 is 23.5 Å². The van der Waals surface area contributed by atoms with Gasteiger partial charge in [-0.1, -0.05) is 32.0 Å². The summed E-state index contributed by atoms with van der Waals surface area (Å²) in [7, 11) is 0. The molecule has 0 aliphatic rings. The molecule has 1 rings (SSSR count). The van der Waals surface area contributed by atoms with E-state index in [1.807, 2.05) is 0 Å². The van der Waals surface area contributed by atoms with Gasteiger partial charge in [-0.25, -0.2) is 5.01 Å². The molecule has 25 heavy (non-hydrogen) atoms. The SMILES string of the molecule is CCOC(=O)CCC(=O)N(NC(=O)C(O)(CC)CC)c1ccccc1. The molecule has 0 spiro atoms. The third kappa shape index (κ3) is 5.86. The molecule has 7 nitrogen and oxygen atoms in total. The Morgan fingerprint density at radius 3 is 2.20 bits per heavy atom. The lowest BCUT2D eigenvalue weighted by Gasteiger charge is -2.29. The van der Waals surface area contributed by atoms with Crippen LogP contribution in [-0.2, 0) is 19.1 Å². The average molecular weight is 350 g/mol. The van der Waals surface area contributed by atoms with Crippen molar-refractivity contribution in [2.45, 2.75) is 52.1 Å². The molecule has 0 heterocycles. The highest BCUT2D eigenvalue weighted by Crippen LogP contribution is 2.18. The number of carbonyl (C=O) groups is 3. The van der Waals surface area contributed by atoms with E-state index in [0.717, 1.165) is 5.01 Å². The molecule has 0 saturated heterocycles. The maximum Gasteiger partial charge on any atom is 0.306 e. The zero-order valence-corrected chi connectivity index (χ0v) is 14.9. The number of carbonyl (C=O) groups excluding carboxylic acids is 3. The molecule has 2 amide bonds. The molecule has 0 fully saturated rings. The summed E-state index contributed by atoms with van der Waals surface area (Å²) in [6.45, 7) is 5.32. The average Bonchev–Trinajstić information content (AvgIpc) is 2.64.